The van der Waals surface area contributed by atoms with Gasteiger partial charge in [-0.05, 0) is 56.6 Å². The SMILES string of the molecule is c1ccc(-c2nc(-c3ccccc3)nc(-c3cccc4oc5nc(-c6ccc7c(ccc8ccc9ccccc9c87)c6)ccc5c34)n2)cc1. The van der Waals surface area contributed by atoms with Crippen molar-refractivity contribution in [2.45, 2.75) is 0 Å². The predicted molar refractivity (Wildman–Crippen MR) is 199 cm³/mol. The zero-order valence-corrected chi connectivity index (χ0v) is 26.2. The second kappa shape index (κ2) is 10.9. The number of aromatic nitrogens is 4. The van der Waals surface area contributed by atoms with Gasteiger partial charge < -0.3 is 4.42 Å². The molecule has 49 heavy (non-hydrogen) atoms. The molecule has 228 valence electrons. The van der Waals surface area contributed by atoms with E-state index in [9.17, 15) is 0 Å². The fourth-order valence-corrected chi connectivity index (χ4v) is 6.98. The van der Waals surface area contributed by atoms with Crippen molar-refractivity contribution in [2.75, 3.05) is 0 Å². The molecule has 5 heteroatoms. The molecular formula is C44H26N4O. The number of furan rings is 1. The summed E-state index contributed by atoms with van der Waals surface area (Å²) in [5.74, 6) is 1.82. The average Bonchev–Trinajstić information content (AvgIpc) is 3.56. The molecule has 0 saturated heterocycles. The Morgan fingerprint density at radius 3 is 1.78 bits per heavy atom. The summed E-state index contributed by atoms with van der Waals surface area (Å²) < 4.78 is 6.42. The highest BCUT2D eigenvalue weighted by atomic mass is 16.3. The molecular weight excluding hydrogens is 601 g/mol. The van der Waals surface area contributed by atoms with Gasteiger partial charge in [0.1, 0.15) is 5.58 Å². The summed E-state index contributed by atoms with van der Waals surface area (Å²) in [7, 11) is 0. The molecule has 0 fully saturated rings. The second-order valence-electron chi connectivity index (χ2n) is 12.3. The van der Waals surface area contributed by atoms with Crippen LogP contribution in [0.4, 0.5) is 0 Å². The molecule has 5 nitrogen and oxygen atoms in total. The van der Waals surface area contributed by atoms with Crippen LogP contribution in [0.1, 0.15) is 0 Å². The van der Waals surface area contributed by atoms with Gasteiger partial charge in [-0.25, -0.2) is 19.9 Å². The van der Waals surface area contributed by atoms with E-state index >= 15 is 0 Å². The molecule has 10 aromatic rings. The van der Waals surface area contributed by atoms with E-state index in [0.717, 1.165) is 44.3 Å². The summed E-state index contributed by atoms with van der Waals surface area (Å²) in [6, 6.07) is 54.2. The van der Waals surface area contributed by atoms with Crippen molar-refractivity contribution < 1.29 is 4.42 Å². The van der Waals surface area contributed by atoms with E-state index in [1.54, 1.807) is 0 Å². The Balaban J connectivity index is 1.12. The van der Waals surface area contributed by atoms with Gasteiger partial charge in [0.05, 0.1) is 5.69 Å². The lowest BCUT2D eigenvalue weighted by Gasteiger charge is -2.10. The smallest absolute Gasteiger partial charge is 0.227 e. The summed E-state index contributed by atoms with van der Waals surface area (Å²) in [6.45, 7) is 0. The molecule has 0 saturated carbocycles. The molecule has 0 aliphatic heterocycles. The number of benzene rings is 7. The fraction of sp³-hybridized carbons (Fsp3) is 0. The molecule has 7 aromatic carbocycles. The van der Waals surface area contributed by atoms with Crippen LogP contribution in [-0.2, 0) is 0 Å². The lowest BCUT2D eigenvalue weighted by molar-refractivity contribution is 0.654. The predicted octanol–water partition coefficient (Wildman–Crippen LogP) is 11.3. The molecule has 0 radical (unpaired) electrons. The lowest BCUT2D eigenvalue weighted by Crippen LogP contribution is -2.00. The van der Waals surface area contributed by atoms with Crippen molar-refractivity contribution in [1.29, 1.82) is 0 Å². The van der Waals surface area contributed by atoms with E-state index in [1.165, 1.54) is 32.3 Å². The van der Waals surface area contributed by atoms with Crippen LogP contribution in [-0.4, -0.2) is 19.9 Å². The van der Waals surface area contributed by atoms with Crippen molar-refractivity contribution in [3.63, 3.8) is 0 Å². The number of rotatable bonds is 4. The van der Waals surface area contributed by atoms with Crippen LogP contribution < -0.4 is 0 Å². The molecule has 3 aromatic heterocycles. The highest BCUT2D eigenvalue weighted by Gasteiger charge is 2.19. The summed E-state index contributed by atoms with van der Waals surface area (Å²) in [5, 5.41) is 9.27. The van der Waals surface area contributed by atoms with Gasteiger partial charge in [0.25, 0.3) is 0 Å². The molecule has 3 heterocycles. The first-order valence-electron chi connectivity index (χ1n) is 16.3. The van der Waals surface area contributed by atoms with Gasteiger partial charge in [-0.1, -0.05) is 133 Å². The van der Waals surface area contributed by atoms with Crippen LogP contribution in [0.5, 0.6) is 0 Å². The van der Waals surface area contributed by atoms with Crippen molar-refractivity contribution in [3.8, 4) is 45.4 Å². The first-order chi connectivity index (χ1) is 24.3. The highest BCUT2D eigenvalue weighted by molar-refractivity contribution is 6.20. The van der Waals surface area contributed by atoms with Crippen LogP contribution >= 0.6 is 0 Å². The quantitative estimate of drug-likeness (QED) is 0.182. The number of hydrogen-bond donors (Lipinski definition) is 0. The maximum absolute atomic E-state index is 6.42. The fourth-order valence-electron chi connectivity index (χ4n) is 6.98. The molecule has 0 bridgehead atoms. The Labute approximate surface area is 281 Å². The molecule has 0 amide bonds. The van der Waals surface area contributed by atoms with Crippen molar-refractivity contribution in [2.24, 2.45) is 0 Å². The Hall–Kier alpha value is -6.72. The lowest BCUT2D eigenvalue weighted by atomic mass is 9.95. The molecule has 0 aliphatic rings. The van der Waals surface area contributed by atoms with Gasteiger partial charge in [0.2, 0.25) is 5.71 Å². The highest BCUT2D eigenvalue weighted by Crippen LogP contribution is 2.38. The zero-order valence-electron chi connectivity index (χ0n) is 26.2. The zero-order chi connectivity index (χ0) is 32.3. The molecule has 0 aliphatic carbocycles. The van der Waals surface area contributed by atoms with Crippen LogP contribution in [0.25, 0.3) is 99.8 Å². The van der Waals surface area contributed by atoms with Gasteiger partial charge in [-0.15, -0.1) is 0 Å². The number of hydrogen-bond acceptors (Lipinski definition) is 5. The summed E-state index contributed by atoms with van der Waals surface area (Å²) >= 11 is 0. The third-order valence-corrected chi connectivity index (χ3v) is 9.32. The van der Waals surface area contributed by atoms with Gasteiger partial charge in [-0.2, -0.15) is 0 Å². The van der Waals surface area contributed by atoms with Crippen LogP contribution in [0, 0.1) is 0 Å². The minimum Gasteiger partial charge on any atom is -0.438 e. The number of nitrogens with zero attached hydrogens (tertiary/aromatic N) is 4. The standard InChI is InChI=1S/C44H26N4O/c1-3-11-29(12-4-1)41-46-42(30-13-5-2-6-14-30)48-43(47-41)35-16-9-17-38-40(35)36-24-25-37(45-44(36)49-38)32-22-23-34-31(26-32)21-20-28-19-18-27-10-7-8-15-33(27)39(28)34/h1-26H. The van der Waals surface area contributed by atoms with Crippen molar-refractivity contribution in [3.05, 3.63) is 158 Å². The Bertz CT molecular complexity index is 2820. The number of fused-ring (bicyclic) bond motifs is 8. The van der Waals surface area contributed by atoms with Crippen molar-refractivity contribution >= 4 is 54.4 Å². The average molecular weight is 627 g/mol. The Morgan fingerprint density at radius 1 is 0.367 bits per heavy atom. The summed E-state index contributed by atoms with van der Waals surface area (Å²) in [6.07, 6.45) is 0. The number of pyridine rings is 1. The van der Waals surface area contributed by atoms with E-state index in [2.05, 4.69) is 78.9 Å². The van der Waals surface area contributed by atoms with Crippen LogP contribution in [0.3, 0.4) is 0 Å². The molecule has 10 rings (SSSR count). The Kier molecular flexibility index (Phi) is 6.11. The van der Waals surface area contributed by atoms with Gasteiger partial charge in [-0.3, -0.25) is 0 Å². The van der Waals surface area contributed by atoms with Crippen LogP contribution in [0.2, 0.25) is 0 Å². The van der Waals surface area contributed by atoms with E-state index in [4.69, 9.17) is 24.4 Å². The maximum Gasteiger partial charge on any atom is 0.227 e. The van der Waals surface area contributed by atoms with Crippen LogP contribution in [0.15, 0.2) is 162 Å². The third kappa shape index (κ3) is 4.55. The topological polar surface area (TPSA) is 64.7 Å². The van der Waals surface area contributed by atoms with Gasteiger partial charge >= 0.3 is 0 Å². The van der Waals surface area contributed by atoms with E-state index in [-0.39, 0.29) is 0 Å². The van der Waals surface area contributed by atoms with Gasteiger partial charge in [0, 0.05) is 33.0 Å². The molecule has 0 unspecified atom stereocenters. The summed E-state index contributed by atoms with van der Waals surface area (Å²) in [4.78, 5) is 19.9. The largest absolute Gasteiger partial charge is 0.438 e. The second-order valence-corrected chi connectivity index (χ2v) is 12.3. The normalized spacial score (nSPS) is 11.7. The maximum atomic E-state index is 6.42. The summed E-state index contributed by atoms with van der Waals surface area (Å²) in [5.41, 5.74) is 5.92. The minimum absolute atomic E-state index is 0.574. The van der Waals surface area contributed by atoms with E-state index in [1.807, 2.05) is 78.9 Å². The first-order valence-corrected chi connectivity index (χ1v) is 16.3. The van der Waals surface area contributed by atoms with E-state index < -0.39 is 0 Å². The molecule has 0 atom stereocenters. The minimum atomic E-state index is 0.574. The van der Waals surface area contributed by atoms with E-state index in [0.29, 0.717) is 23.2 Å². The van der Waals surface area contributed by atoms with Gasteiger partial charge in [0.15, 0.2) is 17.5 Å². The Morgan fingerprint density at radius 2 is 1.00 bits per heavy atom. The molecule has 0 spiro atoms. The van der Waals surface area contributed by atoms with Crippen molar-refractivity contribution in [1.82, 2.24) is 19.9 Å². The monoisotopic (exact) mass is 626 g/mol. The first kappa shape index (κ1) is 27.4. The molecule has 0 N–H and O–H groups in total. The third-order valence-electron chi connectivity index (χ3n) is 9.32.